The van der Waals surface area contributed by atoms with Gasteiger partial charge in [-0.1, -0.05) is 0 Å². The van der Waals surface area contributed by atoms with Crippen LogP contribution < -0.4 is 14.8 Å². The Morgan fingerprint density at radius 1 is 1.32 bits per heavy atom. The molecule has 19 heavy (non-hydrogen) atoms. The summed E-state index contributed by atoms with van der Waals surface area (Å²) in [5.41, 5.74) is 0.551. The minimum absolute atomic E-state index is 0.0457. The molecule has 0 aliphatic carbocycles. The summed E-state index contributed by atoms with van der Waals surface area (Å²) in [5, 5.41) is 3.06. The minimum Gasteiger partial charge on any atom is -0.497 e. The van der Waals surface area contributed by atoms with Crippen molar-refractivity contribution in [3.05, 3.63) is 23.8 Å². The molecule has 0 aromatic heterocycles. The SMILES string of the molecule is CNCCCN(C)C(=O)c1ccc(OC)cc1OC. The summed E-state index contributed by atoms with van der Waals surface area (Å²) >= 11 is 0. The monoisotopic (exact) mass is 266 g/mol. The molecule has 0 spiro atoms. The zero-order chi connectivity index (χ0) is 14.3. The van der Waals surface area contributed by atoms with Crippen molar-refractivity contribution in [2.24, 2.45) is 0 Å². The normalized spacial score (nSPS) is 10.1. The number of rotatable bonds is 7. The van der Waals surface area contributed by atoms with Crippen LogP contribution in [0.2, 0.25) is 0 Å². The van der Waals surface area contributed by atoms with Gasteiger partial charge in [-0.3, -0.25) is 4.79 Å². The Kier molecular flexibility index (Phi) is 6.15. The first kappa shape index (κ1) is 15.3. The van der Waals surface area contributed by atoms with Crippen LogP contribution in [-0.2, 0) is 0 Å². The minimum atomic E-state index is -0.0457. The van der Waals surface area contributed by atoms with Gasteiger partial charge in [0.1, 0.15) is 11.5 Å². The van der Waals surface area contributed by atoms with E-state index in [4.69, 9.17) is 9.47 Å². The van der Waals surface area contributed by atoms with Crippen LogP contribution in [0.15, 0.2) is 18.2 Å². The van der Waals surface area contributed by atoms with E-state index in [1.165, 1.54) is 0 Å². The third kappa shape index (κ3) is 4.13. The van der Waals surface area contributed by atoms with E-state index in [9.17, 15) is 4.79 Å². The van der Waals surface area contributed by atoms with Crippen LogP contribution in [0, 0.1) is 0 Å². The molecule has 0 fully saturated rings. The van der Waals surface area contributed by atoms with Gasteiger partial charge in [0, 0.05) is 19.7 Å². The van der Waals surface area contributed by atoms with Gasteiger partial charge in [-0.25, -0.2) is 0 Å². The first-order chi connectivity index (χ1) is 9.13. The number of amides is 1. The second-order valence-corrected chi connectivity index (χ2v) is 4.25. The number of nitrogens with one attached hydrogen (secondary N) is 1. The molecule has 0 unspecified atom stereocenters. The lowest BCUT2D eigenvalue weighted by molar-refractivity contribution is 0.0790. The fourth-order valence-electron chi connectivity index (χ4n) is 1.78. The third-order valence-corrected chi connectivity index (χ3v) is 2.91. The van der Waals surface area contributed by atoms with Gasteiger partial charge >= 0.3 is 0 Å². The molecule has 0 aliphatic rings. The largest absolute Gasteiger partial charge is 0.497 e. The zero-order valence-corrected chi connectivity index (χ0v) is 12.0. The van der Waals surface area contributed by atoms with E-state index < -0.39 is 0 Å². The van der Waals surface area contributed by atoms with E-state index >= 15 is 0 Å². The third-order valence-electron chi connectivity index (χ3n) is 2.91. The number of nitrogens with zero attached hydrogens (tertiary/aromatic N) is 1. The van der Waals surface area contributed by atoms with Crippen molar-refractivity contribution in [1.29, 1.82) is 0 Å². The molecular formula is C14H22N2O3. The highest BCUT2D eigenvalue weighted by Crippen LogP contribution is 2.25. The Hall–Kier alpha value is -1.75. The lowest BCUT2D eigenvalue weighted by atomic mass is 10.1. The molecule has 1 N–H and O–H groups in total. The summed E-state index contributed by atoms with van der Waals surface area (Å²) in [6.45, 7) is 1.59. The van der Waals surface area contributed by atoms with Gasteiger partial charge in [-0.05, 0) is 32.1 Å². The predicted octanol–water partition coefficient (Wildman–Crippen LogP) is 1.39. The van der Waals surface area contributed by atoms with E-state index in [2.05, 4.69) is 5.32 Å². The molecule has 1 amide bonds. The zero-order valence-electron chi connectivity index (χ0n) is 12.0. The van der Waals surface area contributed by atoms with Crippen LogP contribution in [0.1, 0.15) is 16.8 Å². The number of carbonyl (C=O) groups excluding carboxylic acids is 1. The van der Waals surface area contributed by atoms with Gasteiger partial charge in [0.05, 0.1) is 19.8 Å². The van der Waals surface area contributed by atoms with Gasteiger partial charge in [0.25, 0.3) is 5.91 Å². The summed E-state index contributed by atoms with van der Waals surface area (Å²) in [4.78, 5) is 14.0. The molecule has 0 saturated carbocycles. The van der Waals surface area contributed by atoms with Crippen LogP contribution in [0.5, 0.6) is 11.5 Å². The molecule has 0 aliphatic heterocycles. The number of hydrogen-bond donors (Lipinski definition) is 1. The van der Waals surface area contributed by atoms with Crippen LogP contribution in [0.3, 0.4) is 0 Å². The predicted molar refractivity (Wildman–Crippen MR) is 75.1 cm³/mol. The maximum atomic E-state index is 12.3. The molecule has 0 bridgehead atoms. The van der Waals surface area contributed by atoms with E-state index in [0.29, 0.717) is 23.6 Å². The lowest BCUT2D eigenvalue weighted by Gasteiger charge is -2.19. The average molecular weight is 266 g/mol. The molecule has 5 heteroatoms. The highest BCUT2D eigenvalue weighted by molar-refractivity contribution is 5.97. The number of ether oxygens (including phenoxy) is 2. The molecule has 1 aromatic rings. The molecule has 0 atom stereocenters. The van der Waals surface area contributed by atoms with Crippen molar-refractivity contribution in [1.82, 2.24) is 10.2 Å². The number of carbonyl (C=O) groups is 1. The number of methoxy groups -OCH3 is 2. The lowest BCUT2D eigenvalue weighted by Crippen LogP contribution is -2.29. The first-order valence-electron chi connectivity index (χ1n) is 6.26. The Morgan fingerprint density at radius 2 is 2.05 bits per heavy atom. The first-order valence-corrected chi connectivity index (χ1v) is 6.26. The fourth-order valence-corrected chi connectivity index (χ4v) is 1.78. The van der Waals surface area contributed by atoms with Gasteiger partial charge < -0.3 is 19.7 Å². The fraction of sp³-hybridized carbons (Fsp3) is 0.500. The Balaban J connectivity index is 2.80. The van der Waals surface area contributed by atoms with Crippen molar-refractivity contribution >= 4 is 5.91 Å². The van der Waals surface area contributed by atoms with Crippen molar-refractivity contribution < 1.29 is 14.3 Å². The van der Waals surface area contributed by atoms with Crippen LogP contribution in [-0.4, -0.2) is 52.2 Å². The van der Waals surface area contributed by atoms with Crippen LogP contribution in [0.4, 0.5) is 0 Å². The van der Waals surface area contributed by atoms with Gasteiger partial charge in [0.2, 0.25) is 0 Å². The highest BCUT2D eigenvalue weighted by atomic mass is 16.5. The highest BCUT2D eigenvalue weighted by Gasteiger charge is 2.16. The van der Waals surface area contributed by atoms with E-state index in [1.54, 1.807) is 44.4 Å². The van der Waals surface area contributed by atoms with Gasteiger partial charge in [-0.15, -0.1) is 0 Å². The Bertz CT molecular complexity index is 421. The van der Waals surface area contributed by atoms with E-state index in [0.717, 1.165) is 13.0 Å². The second-order valence-electron chi connectivity index (χ2n) is 4.25. The standard InChI is InChI=1S/C14H22N2O3/c1-15-8-5-9-16(2)14(17)12-7-6-11(18-3)10-13(12)19-4/h6-7,10,15H,5,8-9H2,1-4H3. The Labute approximate surface area is 114 Å². The average Bonchev–Trinajstić information content (AvgIpc) is 2.45. The summed E-state index contributed by atoms with van der Waals surface area (Å²) in [6, 6.07) is 5.21. The molecule has 0 heterocycles. The maximum absolute atomic E-state index is 12.3. The molecule has 1 rings (SSSR count). The van der Waals surface area contributed by atoms with Gasteiger partial charge in [0.15, 0.2) is 0 Å². The quantitative estimate of drug-likeness (QED) is 0.758. The van der Waals surface area contributed by atoms with Crippen LogP contribution in [0.25, 0.3) is 0 Å². The second kappa shape index (κ2) is 7.63. The molecular weight excluding hydrogens is 244 g/mol. The maximum Gasteiger partial charge on any atom is 0.257 e. The molecule has 106 valence electrons. The van der Waals surface area contributed by atoms with Crippen molar-refractivity contribution in [3.63, 3.8) is 0 Å². The Morgan fingerprint density at radius 3 is 2.63 bits per heavy atom. The van der Waals surface area contributed by atoms with Crippen molar-refractivity contribution in [2.45, 2.75) is 6.42 Å². The summed E-state index contributed by atoms with van der Waals surface area (Å²) < 4.78 is 10.4. The number of benzene rings is 1. The molecule has 5 nitrogen and oxygen atoms in total. The van der Waals surface area contributed by atoms with Crippen molar-refractivity contribution in [2.75, 3.05) is 41.4 Å². The topological polar surface area (TPSA) is 50.8 Å². The molecule has 0 radical (unpaired) electrons. The summed E-state index contributed by atoms with van der Waals surface area (Å²) in [6.07, 6.45) is 0.914. The summed E-state index contributed by atoms with van der Waals surface area (Å²) in [7, 11) is 6.82. The van der Waals surface area contributed by atoms with E-state index in [1.807, 2.05) is 7.05 Å². The van der Waals surface area contributed by atoms with Crippen LogP contribution >= 0.6 is 0 Å². The molecule has 1 aromatic carbocycles. The van der Waals surface area contributed by atoms with Gasteiger partial charge in [-0.2, -0.15) is 0 Å². The molecule has 0 saturated heterocycles. The smallest absolute Gasteiger partial charge is 0.257 e. The number of hydrogen-bond acceptors (Lipinski definition) is 4. The van der Waals surface area contributed by atoms with E-state index in [-0.39, 0.29) is 5.91 Å². The summed E-state index contributed by atoms with van der Waals surface area (Å²) in [5.74, 6) is 1.16. The van der Waals surface area contributed by atoms with Crippen molar-refractivity contribution in [3.8, 4) is 11.5 Å².